The third-order valence-corrected chi connectivity index (χ3v) is 5.77. The van der Waals surface area contributed by atoms with Crippen molar-refractivity contribution in [2.75, 3.05) is 24.9 Å². The van der Waals surface area contributed by atoms with Crippen molar-refractivity contribution >= 4 is 17.5 Å². The highest BCUT2D eigenvalue weighted by molar-refractivity contribution is 6.06. The fourth-order valence-electron chi connectivity index (χ4n) is 4.11. The minimum atomic E-state index is -0.523. The summed E-state index contributed by atoms with van der Waals surface area (Å²) in [5.41, 5.74) is 3.49. The summed E-state index contributed by atoms with van der Waals surface area (Å²) in [6.45, 7) is 1.86. The lowest BCUT2D eigenvalue weighted by atomic mass is 9.96. The molecule has 4 aromatic rings. The van der Waals surface area contributed by atoms with E-state index >= 15 is 0 Å². The quantitative estimate of drug-likeness (QED) is 0.435. The molecule has 1 aliphatic rings. The number of benzene rings is 2. The molecule has 5 rings (SSSR count). The summed E-state index contributed by atoms with van der Waals surface area (Å²) >= 11 is 0. The van der Waals surface area contributed by atoms with Crippen LogP contribution in [-0.4, -0.2) is 39.9 Å². The first-order valence-electron chi connectivity index (χ1n) is 11.0. The molecule has 0 fully saturated rings. The highest BCUT2D eigenvalue weighted by Crippen LogP contribution is 2.37. The molecular formula is C26H24N6O3. The van der Waals surface area contributed by atoms with Gasteiger partial charge >= 0.3 is 0 Å². The van der Waals surface area contributed by atoms with Gasteiger partial charge in [-0.05, 0) is 48.9 Å². The van der Waals surface area contributed by atoms with Crippen LogP contribution in [0.2, 0.25) is 0 Å². The molecule has 0 bridgehead atoms. The predicted octanol–water partition coefficient (Wildman–Crippen LogP) is 4.28. The maximum Gasteiger partial charge on any atom is 0.255 e. The SMILES string of the molecule is COc1ccc(-c2nc3n(n2)C(c2cccnc2)C(C(=O)Nc2ccccc2)=C(C)N3)cc1OC. The number of anilines is 2. The van der Waals surface area contributed by atoms with E-state index in [1.807, 2.05) is 67.6 Å². The number of nitrogens with one attached hydrogen (secondary N) is 2. The number of carbonyl (C=O) groups excluding carboxylic acids is 1. The number of hydrogen-bond donors (Lipinski definition) is 2. The number of pyridine rings is 1. The number of hydrogen-bond acceptors (Lipinski definition) is 7. The fraction of sp³-hybridized carbons (Fsp3) is 0.154. The zero-order valence-corrected chi connectivity index (χ0v) is 19.5. The van der Waals surface area contributed by atoms with Gasteiger partial charge in [-0.3, -0.25) is 9.78 Å². The van der Waals surface area contributed by atoms with Crippen LogP contribution in [0.3, 0.4) is 0 Å². The van der Waals surface area contributed by atoms with Crippen molar-refractivity contribution in [1.29, 1.82) is 0 Å². The molecule has 1 amide bonds. The summed E-state index contributed by atoms with van der Waals surface area (Å²) in [7, 11) is 3.17. The highest BCUT2D eigenvalue weighted by Gasteiger charge is 2.34. The standard InChI is InChI=1S/C26H24N6O3/c1-16-22(25(33)29-19-9-5-4-6-10-19)23(18-8-7-13-27-15-18)32-26(28-16)30-24(31-32)17-11-12-20(34-2)21(14-17)35-3/h4-15,23H,1-3H3,(H,29,33)(H,28,30,31). The molecule has 176 valence electrons. The summed E-state index contributed by atoms with van der Waals surface area (Å²) in [4.78, 5) is 22.5. The first-order valence-corrected chi connectivity index (χ1v) is 11.0. The molecule has 35 heavy (non-hydrogen) atoms. The first kappa shape index (κ1) is 22.1. The molecule has 1 aliphatic heterocycles. The van der Waals surface area contributed by atoms with Gasteiger partial charge in [0.05, 0.1) is 19.8 Å². The van der Waals surface area contributed by atoms with E-state index in [0.717, 1.165) is 11.1 Å². The summed E-state index contributed by atoms with van der Waals surface area (Å²) in [6.07, 6.45) is 3.43. The molecule has 0 spiro atoms. The number of allylic oxidation sites excluding steroid dienone is 1. The molecule has 9 nitrogen and oxygen atoms in total. The number of methoxy groups -OCH3 is 2. The second-order valence-corrected chi connectivity index (χ2v) is 7.95. The molecule has 2 aromatic heterocycles. The van der Waals surface area contributed by atoms with Gasteiger partial charge in [-0.2, -0.15) is 4.98 Å². The van der Waals surface area contributed by atoms with Crippen molar-refractivity contribution in [2.45, 2.75) is 13.0 Å². The largest absolute Gasteiger partial charge is 0.493 e. The van der Waals surface area contributed by atoms with Gasteiger partial charge in [0.2, 0.25) is 5.95 Å². The molecule has 9 heteroatoms. The molecular weight excluding hydrogens is 444 g/mol. The molecule has 0 saturated carbocycles. The summed E-state index contributed by atoms with van der Waals surface area (Å²) < 4.78 is 12.5. The van der Waals surface area contributed by atoms with Crippen LogP contribution in [0.5, 0.6) is 11.5 Å². The fourth-order valence-corrected chi connectivity index (χ4v) is 4.11. The van der Waals surface area contributed by atoms with Crippen LogP contribution in [0.25, 0.3) is 11.4 Å². The van der Waals surface area contributed by atoms with Crippen molar-refractivity contribution in [2.24, 2.45) is 0 Å². The van der Waals surface area contributed by atoms with Crippen molar-refractivity contribution in [1.82, 2.24) is 19.7 Å². The molecule has 0 saturated heterocycles. The Labute approximate surface area is 202 Å². The molecule has 3 heterocycles. The topological polar surface area (TPSA) is 103 Å². The first-order chi connectivity index (χ1) is 17.1. The monoisotopic (exact) mass is 468 g/mol. The van der Waals surface area contributed by atoms with Gasteiger partial charge in [0, 0.05) is 29.3 Å². The maximum absolute atomic E-state index is 13.5. The number of amides is 1. The Kier molecular flexibility index (Phi) is 5.88. The number of ether oxygens (including phenoxy) is 2. The van der Waals surface area contributed by atoms with E-state index in [9.17, 15) is 4.79 Å². The van der Waals surface area contributed by atoms with E-state index in [2.05, 4.69) is 15.6 Å². The number of nitrogens with zero attached hydrogens (tertiary/aromatic N) is 4. The molecule has 2 aromatic carbocycles. The highest BCUT2D eigenvalue weighted by atomic mass is 16.5. The molecule has 1 unspecified atom stereocenters. The average molecular weight is 469 g/mol. The Morgan fingerprint density at radius 1 is 1.03 bits per heavy atom. The van der Waals surface area contributed by atoms with E-state index in [-0.39, 0.29) is 5.91 Å². The van der Waals surface area contributed by atoms with Crippen molar-refractivity contribution in [3.05, 3.63) is 89.9 Å². The zero-order chi connectivity index (χ0) is 24.4. The number of fused-ring (bicyclic) bond motifs is 1. The Morgan fingerprint density at radius 2 is 1.83 bits per heavy atom. The lowest BCUT2D eigenvalue weighted by Crippen LogP contribution is -2.31. The third-order valence-electron chi connectivity index (χ3n) is 5.77. The Morgan fingerprint density at radius 3 is 2.54 bits per heavy atom. The summed E-state index contributed by atoms with van der Waals surface area (Å²) in [5.74, 6) is 1.97. The number of rotatable bonds is 6. The number of aromatic nitrogens is 4. The van der Waals surface area contributed by atoms with Crippen LogP contribution >= 0.6 is 0 Å². The molecule has 0 aliphatic carbocycles. The Bertz CT molecular complexity index is 1400. The normalized spacial score (nSPS) is 14.7. The van der Waals surface area contributed by atoms with Gasteiger partial charge < -0.3 is 20.1 Å². The third kappa shape index (κ3) is 4.19. The summed E-state index contributed by atoms with van der Waals surface area (Å²) in [5, 5.41) is 11.0. The molecule has 0 radical (unpaired) electrons. The number of para-hydroxylation sites is 1. The predicted molar refractivity (Wildman–Crippen MR) is 132 cm³/mol. The van der Waals surface area contributed by atoms with Gasteiger partial charge in [-0.25, -0.2) is 4.68 Å². The second-order valence-electron chi connectivity index (χ2n) is 7.95. The van der Waals surface area contributed by atoms with Crippen LogP contribution in [0.15, 0.2) is 84.3 Å². The lowest BCUT2D eigenvalue weighted by molar-refractivity contribution is -0.113. The summed E-state index contributed by atoms with van der Waals surface area (Å²) in [6, 6.07) is 18.1. The maximum atomic E-state index is 13.5. The molecule has 1 atom stereocenters. The van der Waals surface area contributed by atoms with Crippen LogP contribution in [0, 0.1) is 0 Å². The van der Waals surface area contributed by atoms with E-state index in [4.69, 9.17) is 19.6 Å². The van der Waals surface area contributed by atoms with Gasteiger partial charge in [-0.15, -0.1) is 5.10 Å². The van der Waals surface area contributed by atoms with Crippen molar-refractivity contribution < 1.29 is 14.3 Å². The van der Waals surface area contributed by atoms with E-state index in [1.165, 1.54) is 0 Å². The Hall–Kier alpha value is -4.66. The van der Waals surface area contributed by atoms with Crippen molar-refractivity contribution in [3.8, 4) is 22.9 Å². The van der Waals surface area contributed by atoms with Gasteiger partial charge in [0.15, 0.2) is 17.3 Å². The Balaban J connectivity index is 1.58. The van der Waals surface area contributed by atoms with Gasteiger partial charge in [0.25, 0.3) is 5.91 Å². The number of carbonyl (C=O) groups is 1. The minimum Gasteiger partial charge on any atom is -0.493 e. The molecule has 2 N–H and O–H groups in total. The average Bonchev–Trinajstić information content (AvgIpc) is 3.32. The van der Waals surface area contributed by atoms with E-state index < -0.39 is 6.04 Å². The smallest absolute Gasteiger partial charge is 0.255 e. The lowest BCUT2D eigenvalue weighted by Gasteiger charge is -2.28. The van der Waals surface area contributed by atoms with Gasteiger partial charge in [-0.1, -0.05) is 24.3 Å². The van der Waals surface area contributed by atoms with Crippen LogP contribution in [0.1, 0.15) is 18.5 Å². The minimum absolute atomic E-state index is 0.233. The van der Waals surface area contributed by atoms with Crippen molar-refractivity contribution in [3.63, 3.8) is 0 Å². The van der Waals surface area contributed by atoms with Crippen LogP contribution < -0.4 is 20.1 Å². The van der Waals surface area contributed by atoms with Gasteiger partial charge in [0.1, 0.15) is 6.04 Å². The van der Waals surface area contributed by atoms with Crippen LogP contribution in [-0.2, 0) is 4.79 Å². The van der Waals surface area contributed by atoms with Crippen LogP contribution in [0.4, 0.5) is 11.6 Å². The second kappa shape index (κ2) is 9.30. The zero-order valence-electron chi connectivity index (χ0n) is 19.5. The van der Waals surface area contributed by atoms with E-state index in [1.54, 1.807) is 31.3 Å². The van der Waals surface area contributed by atoms with E-state index in [0.29, 0.717) is 40.2 Å².